The van der Waals surface area contributed by atoms with Gasteiger partial charge in [0.15, 0.2) is 0 Å². The Hall–Kier alpha value is -3.32. The van der Waals surface area contributed by atoms with E-state index in [1.165, 1.54) is 23.6 Å². The first-order valence-electron chi connectivity index (χ1n) is 11.0. The average Bonchev–Trinajstić information content (AvgIpc) is 3.50. The van der Waals surface area contributed by atoms with Gasteiger partial charge in [-0.2, -0.15) is 0 Å². The van der Waals surface area contributed by atoms with E-state index in [4.69, 9.17) is 4.74 Å². The van der Waals surface area contributed by atoms with Crippen LogP contribution in [0.25, 0.3) is 22.0 Å². The van der Waals surface area contributed by atoms with E-state index >= 15 is 0 Å². The summed E-state index contributed by atoms with van der Waals surface area (Å²) in [4.78, 5) is 13.3. The van der Waals surface area contributed by atoms with Gasteiger partial charge in [0.25, 0.3) is 15.6 Å². The zero-order valence-corrected chi connectivity index (χ0v) is 19.7. The number of aryl methyl sites for hydroxylation is 3. The highest BCUT2D eigenvalue weighted by molar-refractivity contribution is 7.90. The van der Waals surface area contributed by atoms with Crippen LogP contribution >= 0.6 is 0 Å². The van der Waals surface area contributed by atoms with Crippen molar-refractivity contribution in [1.29, 1.82) is 0 Å². The van der Waals surface area contributed by atoms with E-state index < -0.39 is 10.0 Å². The summed E-state index contributed by atoms with van der Waals surface area (Å²) in [5.41, 5.74) is 3.37. The van der Waals surface area contributed by atoms with Crippen molar-refractivity contribution in [3.8, 4) is 16.9 Å². The van der Waals surface area contributed by atoms with Crippen LogP contribution in [0.1, 0.15) is 24.0 Å². The number of nitrogens with zero attached hydrogens (tertiary/aromatic N) is 2. The largest absolute Gasteiger partial charge is 0.493 e. The van der Waals surface area contributed by atoms with E-state index in [1.807, 2.05) is 32.0 Å². The second kappa shape index (κ2) is 7.92. The number of aromatic nitrogens is 2. The molecule has 0 amide bonds. The highest BCUT2D eigenvalue weighted by atomic mass is 32.2. The van der Waals surface area contributed by atoms with Crippen LogP contribution in [0.5, 0.6) is 5.75 Å². The Balaban J connectivity index is 1.73. The standard InChI is InChI=1S/C26H26N2O4S/c1-17-7-11-20(12-8-17)33(30,31)28-14-13-21-22(15-27(3)26(29)25(21)28)24-18(2)5-4-6-23(24)32-16-19-9-10-19/h4-8,11-15,19H,9-10,16H2,1-3H3. The Bertz CT molecular complexity index is 1530. The molecular weight excluding hydrogens is 436 g/mol. The van der Waals surface area contributed by atoms with Gasteiger partial charge in [0.2, 0.25) is 0 Å². The molecule has 2 aromatic carbocycles. The Kier molecular flexibility index (Phi) is 5.16. The van der Waals surface area contributed by atoms with Gasteiger partial charge in [-0.1, -0.05) is 29.8 Å². The van der Waals surface area contributed by atoms with Crippen molar-refractivity contribution in [2.75, 3.05) is 6.61 Å². The summed E-state index contributed by atoms with van der Waals surface area (Å²) in [6.45, 7) is 4.55. The van der Waals surface area contributed by atoms with Crippen molar-refractivity contribution in [3.05, 3.63) is 82.4 Å². The van der Waals surface area contributed by atoms with Crippen molar-refractivity contribution < 1.29 is 13.2 Å². The third-order valence-corrected chi connectivity index (χ3v) is 7.93. The van der Waals surface area contributed by atoms with Crippen molar-refractivity contribution in [2.45, 2.75) is 31.6 Å². The molecule has 2 aromatic heterocycles. The fraction of sp³-hybridized carbons (Fsp3) is 0.269. The first-order chi connectivity index (χ1) is 15.8. The number of hydrogen-bond donors (Lipinski definition) is 0. The second-order valence-corrected chi connectivity index (χ2v) is 10.7. The third kappa shape index (κ3) is 3.76. The van der Waals surface area contributed by atoms with Crippen molar-refractivity contribution in [1.82, 2.24) is 8.54 Å². The van der Waals surface area contributed by atoms with Crippen LogP contribution in [-0.2, 0) is 17.1 Å². The van der Waals surface area contributed by atoms with E-state index in [0.717, 1.165) is 32.0 Å². The minimum absolute atomic E-state index is 0.131. The number of benzene rings is 2. The quantitative estimate of drug-likeness (QED) is 0.418. The van der Waals surface area contributed by atoms with Gasteiger partial charge in [-0.25, -0.2) is 12.4 Å². The zero-order chi connectivity index (χ0) is 23.3. The van der Waals surface area contributed by atoms with Crippen molar-refractivity contribution in [2.24, 2.45) is 13.0 Å². The molecule has 0 atom stereocenters. The minimum Gasteiger partial charge on any atom is -0.493 e. The molecule has 1 aliphatic rings. The lowest BCUT2D eigenvalue weighted by Gasteiger charge is -2.16. The van der Waals surface area contributed by atoms with Gasteiger partial charge in [-0.05, 0) is 62.4 Å². The minimum atomic E-state index is -3.94. The normalized spacial score (nSPS) is 14.0. The molecule has 7 heteroatoms. The molecule has 1 saturated carbocycles. The molecule has 4 aromatic rings. The highest BCUT2D eigenvalue weighted by Gasteiger charge is 2.26. The molecule has 0 saturated heterocycles. The van der Waals surface area contributed by atoms with Crippen LogP contribution in [-0.4, -0.2) is 23.6 Å². The topological polar surface area (TPSA) is 70.3 Å². The fourth-order valence-corrected chi connectivity index (χ4v) is 5.50. The summed E-state index contributed by atoms with van der Waals surface area (Å²) in [6.07, 6.45) is 5.60. The SMILES string of the molecule is Cc1ccc(S(=O)(=O)n2ccc3c(-c4c(C)cccc4OCC4CC4)cn(C)c(=O)c32)cc1. The average molecular weight is 463 g/mol. The first-order valence-corrected chi connectivity index (χ1v) is 12.5. The van der Waals surface area contributed by atoms with Crippen molar-refractivity contribution >= 4 is 20.9 Å². The highest BCUT2D eigenvalue weighted by Crippen LogP contribution is 2.39. The zero-order valence-electron chi connectivity index (χ0n) is 18.9. The Morgan fingerprint density at radius 2 is 1.76 bits per heavy atom. The summed E-state index contributed by atoms with van der Waals surface area (Å²) in [5, 5.41) is 0.583. The van der Waals surface area contributed by atoms with Gasteiger partial charge in [-0.3, -0.25) is 4.79 Å². The van der Waals surface area contributed by atoms with Gasteiger partial charge >= 0.3 is 0 Å². The molecule has 33 heavy (non-hydrogen) atoms. The molecule has 1 aliphatic carbocycles. The molecule has 5 rings (SSSR count). The number of hydrogen-bond acceptors (Lipinski definition) is 4. The fourth-order valence-electron chi connectivity index (χ4n) is 4.15. The van der Waals surface area contributed by atoms with Crippen LogP contribution < -0.4 is 10.3 Å². The maximum Gasteiger partial charge on any atom is 0.275 e. The molecule has 0 radical (unpaired) electrons. The van der Waals surface area contributed by atoms with E-state index in [9.17, 15) is 13.2 Å². The summed E-state index contributed by atoms with van der Waals surface area (Å²) in [5.74, 6) is 1.34. The maximum absolute atomic E-state index is 13.4. The summed E-state index contributed by atoms with van der Waals surface area (Å²) >= 11 is 0. The molecule has 6 nitrogen and oxygen atoms in total. The molecule has 0 bridgehead atoms. The lowest BCUT2D eigenvalue weighted by atomic mass is 9.98. The number of ether oxygens (including phenoxy) is 1. The lowest BCUT2D eigenvalue weighted by Crippen LogP contribution is -2.22. The number of fused-ring (bicyclic) bond motifs is 1. The molecule has 2 heterocycles. The number of rotatable bonds is 6. The lowest BCUT2D eigenvalue weighted by molar-refractivity contribution is 0.301. The first kappa shape index (κ1) is 21.5. The molecule has 0 aliphatic heterocycles. The van der Waals surface area contributed by atoms with Gasteiger partial charge < -0.3 is 9.30 Å². The van der Waals surface area contributed by atoms with Crippen LogP contribution in [0.2, 0.25) is 0 Å². The molecule has 170 valence electrons. The summed E-state index contributed by atoms with van der Waals surface area (Å²) in [6, 6.07) is 14.2. The molecule has 0 spiro atoms. The van der Waals surface area contributed by atoms with Crippen LogP contribution in [0.15, 0.2) is 70.6 Å². The molecule has 1 fully saturated rings. The maximum atomic E-state index is 13.4. The van der Waals surface area contributed by atoms with Crippen molar-refractivity contribution in [3.63, 3.8) is 0 Å². The Labute approximate surface area is 193 Å². The predicted octanol–water partition coefficient (Wildman–Crippen LogP) is 4.65. The second-order valence-electron chi connectivity index (χ2n) is 8.85. The van der Waals surface area contributed by atoms with E-state index in [0.29, 0.717) is 17.9 Å². The summed E-state index contributed by atoms with van der Waals surface area (Å²) < 4.78 is 35.6. The molecule has 0 N–H and O–H groups in total. The van der Waals surface area contributed by atoms with E-state index in [1.54, 1.807) is 43.6 Å². The van der Waals surface area contributed by atoms with Gasteiger partial charge in [0, 0.05) is 36.0 Å². The van der Waals surface area contributed by atoms with Gasteiger partial charge in [0.05, 0.1) is 11.5 Å². The number of pyridine rings is 1. The molecule has 0 unspecified atom stereocenters. The Morgan fingerprint density at radius 1 is 1.03 bits per heavy atom. The molecular formula is C26H26N2O4S. The third-order valence-electron chi connectivity index (χ3n) is 6.24. The van der Waals surface area contributed by atoms with Gasteiger partial charge in [0.1, 0.15) is 11.3 Å². The van der Waals surface area contributed by atoms with Crippen LogP contribution in [0.4, 0.5) is 0 Å². The van der Waals surface area contributed by atoms with E-state index in [2.05, 4.69) is 0 Å². The monoisotopic (exact) mass is 462 g/mol. The summed E-state index contributed by atoms with van der Waals surface area (Å²) in [7, 11) is -2.30. The van der Waals surface area contributed by atoms with E-state index in [-0.39, 0.29) is 16.0 Å². The van der Waals surface area contributed by atoms with Crippen LogP contribution in [0, 0.1) is 19.8 Å². The smallest absolute Gasteiger partial charge is 0.275 e. The van der Waals surface area contributed by atoms with Crippen LogP contribution in [0.3, 0.4) is 0 Å². The Morgan fingerprint density at radius 3 is 2.45 bits per heavy atom. The van der Waals surface area contributed by atoms with Gasteiger partial charge in [-0.15, -0.1) is 0 Å². The predicted molar refractivity (Wildman–Crippen MR) is 129 cm³/mol.